The van der Waals surface area contributed by atoms with Crippen molar-refractivity contribution >= 4 is 24.3 Å². The van der Waals surface area contributed by atoms with Gasteiger partial charge in [-0.25, -0.2) is 0 Å². The number of hydrogen-bond donors (Lipinski definition) is 2. The number of nitrogens with two attached hydrogens (primary N) is 1. The molecule has 0 aliphatic rings. The van der Waals surface area contributed by atoms with Gasteiger partial charge < -0.3 is 15.6 Å². The number of rotatable bonds is 6. The number of carboxylic acid groups (broad SMARTS) is 1. The lowest BCUT2D eigenvalue weighted by Gasteiger charge is -2.05. The van der Waals surface area contributed by atoms with Gasteiger partial charge in [0.15, 0.2) is 0 Å². The molecule has 5 nitrogen and oxygen atoms in total. The molecule has 0 aliphatic heterocycles. The van der Waals surface area contributed by atoms with Crippen LogP contribution in [-0.2, 0) is 14.3 Å². The average Bonchev–Trinajstić information content (AvgIpc) is 2.10. The van der Waals surface area contributed by atoms with Gasteiger partial charge in [0.05, 0.1) is 6.61 Å². The Bertz CT molecular complexity index is 186. The largest absolute Gasteiger partial charge is 0.480 e. The Hall–Kier alpha value is -0.810. The zero-order valence-electron chi connectivity index (χ0n) is 8.06. The molecule has 0 saturated heterocycles. The van der Waals surface area contributed by atoms with Crippen LogP contribution in [-0.4, -0.2) is 29.7 Å². The summed E-state index contributed by atoms with van der Waals surface area (Å²) >= 11 is 0. The minimum atomic E-state index is -1.09. The maximum Gasteiger partial charge on any atom is 0.320 e. The Labute approximate surface area is 89.0 Å². The minimum Gasteiger partial charge on any atom is -0.480 e. The van der Waals surface area contributed by atoms with E-state index in [9.17, 15) is 9.59 Å². The van der Waals surface area contributed by atoms with E-state index in [1.165, 1.54) is 0 Å². The van der Waals surface area contributed by atoms with Gasteiger partial charge in [-0.05, 0) is 12.8 Å². The van der Waals surface area contributed by atoms with Crippen molar-refractivity contribution in [2.75, 3.05) is 6.61 Å². The van der Waals surface area contributed by atoms with E-state index in [0.717, 1.165) is 6.42 Å². The van der Waals surface area contributed by atoms with Gasteiger partial charge >= 0.3 is 11.9 Å². The van der Waals surface area contributed by atoms with Gasteiger partial charge in [-0.2, -0.15) is 0 Å². The van der Waals surface area contributed by atoms with Gasteiger partial charge in [-0.3, -0.25) is 9.59 Å². The summed E-state index contributed by atoms with van der Waals surface area (Å²) in [6.45, 7) is 2.26. The zero-order chi connectivity index (χ0) is 10.3. The van der Waals surface area contributed by atoms with Crippen LogP contribution in [0.2, 0.25) is 0 Å². The number of carbonyl (C=O) groups excluding carboxylic acids is 1. The maximum atomic E-state index is 10.9. The van der Waals surface area contributed by atoms with Gasteiger partial charge in [0.25, 0.3) is 0 Å². The molecule has 0 fully saturated rings. The Kier molecular flexibility index (Phi) is 9.81. The first-order valence-corrected chi connectivity index (χ1v) is 4.22. The fourth-order valence-electron chi connectivity index (χ4n) is 0.685. The topological polar surface area (TPSA) is 89.6 Å². The summed E-state index contributed by atoms with van der Waals surface area (Å²) in [6.07, 6.45) is 0.946. The second-order valence-electron chi connectivity index (χ2n) is 2.70. The Morgan fingerprint density at radius 1 is 1.50 bits per heavy atom. The molecule has 1 atom stereocenters. The molecule has 0 unspecified atom stereocenters. The highest BCUT2D eigenvalue weighted by Gasteiger charge is 2.13. The normalized spacial score (nSPS) is 11.3. The summed E-state index contributed by atoms with van der Waals surface area (Å²) in [5.41, 5.74) is 5.19. The Balaban J connectivity index is 0. The van der Waals surface area contributed by atoms with Gasteiger partial charge in [0.2, 0.25) is 0 Å². The molecule has 0 radical (unpaired) electrons. The average molecular weight is 226 g/mol. The van der Waals surface area contributed by atoms with Gasteiger partial charge in [-0.15, -0.1) is 12.4 Å². The van der Waals surface area contributed by atoms with Crippen molar-refractivity contribution in [1.29, 1.82) is 0 Å². The number of carboxylic acids is 1. The summed E-state index contributed by atoms with van der Waals surface area (Å²) in [7, 11) is 0. The predicted molar refractivity (Wildman–Crippen MR) is 53.3 cm³/mol. The summed E-state index contributed by atoms with van der Waals surface area (Å²) in [6, 6.07) is -0.978. The highest BCUT2D eigenvalue weighted by atomic mass is 35.5. The van der Waals surface area contributed by atoms with Crippen LogP contribution < -0.4 is 5.73 Å². The number of esters is 1. The molecular formula is C8H16ClNO4. The lowest BCUT2D eigenvalue weighted by atomic mass is 10.2. The number of hydrogen-bond acceptors (Lipinski definition) is 4. The fraction of sp³-hybridized carbons (Fsp3) is 0.750. The highest BCUT2D eigenvalue weighted by molar-refractivity contribution is 5.85. The lowest BCUT2D eigenvalue weighted by Crippen LogP contribution is -2.30. The molecular weight excluding hydrogens is 210 g/mol. The minimum absolute atomic E-state index is 0. The van der Waals surface area contributed by atoms with E-state index >= 15 is 0 Å². The summed E-state index contributed by atoms with van der Waals surface area (Å²) in [4.78, 5) is 21.1. The van der Waals surface area contributed by atoms with E-state index in [4.69, 9.17) is 15.6 Å². The summed E-state index contributed by atoms with van der Waals surface area (Å²) < 4.78 is 4.73. The van der Waals surface area contributed by atoms with Crippen molar-refractivity contribution in [3.63, 3.8) is 0 Å². The first-order valence-electron chi connectivity index (χ1n) is 4.22. The molecule has 0 saturated carbocycles. The third-order valence-corrected chi connectivity index (χ3v) is 1.44. The maximum absolute atomic E-state index is 10.9. The third-order valence-electron chi connectivity index (χ3n) is 1.44. The van der Waals surface area contributed by atoms with Crippen LogP contribution in [0.3, 0.4) is 0 Å². The van der Waals surface area contributed by atoms with Crippen molar-refractivity contribution in [2.45, 2.75) is 32.2 Å². The molecule has 0 aromatic heterocycles. The molecule has 0 spiro atoms. The molecule has 6 heteroatoms. The van der Waals surface area contributed by atoms with Crippen LogP contribution in [0.5, 0.6) is 0 Å². The van der Waals surface area contributed by atoms with Crippen LogP contribution >= 0.6 is 12.4 Å². The van der Waals surface area contributed by atoms with E-state index in [-0.39, 0.29) is 25.2 Å². The van der Waals surface area contributed by atoms with Crippen molar-refractivity contribution in [3.8, 4) is 0 Å². The van der Waals surface area contributed by atoms with E-state index in [1.54, 1.807) is 0 Å². The molecule has 0 aromatic rings. The van der Waals surface area contributed by atoms with E-state index in [0.29, 0.717) is 6.61 Å². The molecule has 0 heterocycles. The first-order chi connectivity index (χ1) is 6.07. The van der Waals surface area contributed by atoms with Crippen molar-refractivity contribution in [1.82, 2.24) is 0 Å². The second kappa shape index (κ2) is 8.77. The van der Waals surface area contributed by atoms with Crippen molar-refractivity contribution in [2.24, 2.45) is 5.73 Å². The van der Waals surface area contributed by atoms with Crippen molar-refractivity contribution < 1.29 is 19.4 Å². The molecule has 0 bridgehead atoms. The Morgan fingerprint density at radius 3 is 2.50 bits per heavy atom. The predicted octanol–water partition coefficient (Wildman–Crippen LogP) is 0.553. The van der Waals surface area contributed by atoms with E-state index < -0.39 is 18.0 Å². The van der Waals surface area contributed by atoms with Crippen LogP contribution in [0.1, 0.15) is 26.2 Å². The number of ether oxygens (including phenoxy) is 1. The van der Waals surface area contributed by atoms with Crippen LogP contribution in [0, 0.1) is 0 Å². The standard InChI is InChI=1S/C8H15NO4.ClH/c1-2-5-13-7(10)4-3-6(9)8(11)12;/h6H,2-5,9H2,1H3,(H,11,12);1H/t6-;/m0./s1. The van der Waals surface area contributed by atoms with E-state index in [1.807, 2.05) is 6.92 Å². The molecule has 0 aromatic carbocycles. The monoisotopic (exact) mass is 225 g/mol. The van der Waals surface area contributed by atoms with Gasteiger partial charge in [0, 0.05) is 6.42 Å². The van der Waals surface area contributed by atoms with Gasteiger partial charge in [0.1, 0.15) is 6.04 Å². The molecule has 0 amide bonds. The van der Waals surface area contributed by atoms with E-state index in [2.05, 4.69) is 0 Å². The molecule has 84 valence electrons. The smallest absolute Gasteiger partial charge is 0.320 e. The SMILES string of the molecule is CCCOC(=O)CC[C@H](N)C(=O)O.Cl. The van der Waals surface area contributed by atoms with Gasteiger partial charge in [-0.1, -0.05) is 6.92 Å². The van der Waals surface area contributed by atoms with Crippen LogP contribution in [0.15, 0.2) is 0 Å². The highest BCUT2D eigenvalue weighted by Crippen LogP contribution is 1.97. The number of aliphatic carboxylic acids is 1. The van der Waals surface area contributed by atoms with Crippen molar-refractivity contribution in [3.05, 3.63) is 0 Å². The molecule has 14 heavy (non-hydrogen) atoms. The zero-order valence-corrected chi connectivity index (χ0v) is 8.88. The summed E-state index contributed by atoms with van der Waals surface area (Å²) in [5.74, 6) is -1.48. The third kappa shape index (κ3) is 7.82. The Morgan fingerprint density at radius 2 is 2.07 bits per heavy atom. The number of halogens is 1. The quantitative estimate of drug-likeness (QED) is 0.645. The fourth-order valence-corrected chi connectivity index (χ4v) is 0.685. The lowest BCUT2D eigenvalue weighted by molar-refractivity contribution is -0.144. The molecule has 0 rings (SSSR count). The van der Waals surface area contributed by atoms with Crippen LogP contribution in [0.25, 0.3) is 0 Å². The number of carbonyl (C=O) groups is 2. The summed E-state index contributed by atoms with van der Waals surface area (Å²) in [5, 5.41) is 8.39. The second-order valence-corrected chi connectivity index (χ2v) is 2.70. The molecule has 3 N–H and O–H groups in total. The molecule has 0 aliphatic carbocycles. The van der Waals surface area contributed by atoms with Crippen LogP contribution in [0.4, 0.5) is 0 Å². The first kappa shape index (κ1) is 15.7.